The second kappa shape index (κ2) is 11.0. The lowest BCUT2D eigenvalue weighted by Gasteiger charge is -2.29. The van der Waals surface area contributed by atoms with Crippen LogP contribution < -0.4 is 10.2 Å². The zero-order valence-electron chi connectivity index (χ0n) is 21.5. The summed E-state index contributed by atoms with van der Waals surface area (Å²) in [5, 5.41) is 14.9. The van der Waals surface area contributed by atoms with Gasteiger partial charge in [0.15, 0.2) is 5.88 Å². The van der Waals surface area contributed by atoms with E-state index in [2.05, 4.69) is 27.3 Å². The Balaban J connectivity index is 1.59. The van der Waals surface area contributed by atoms with Crippen molar-refractivity contribution in [3.05, 3.63) is 83.9 Å². The molecule has 0 amide bonds. The SMILES string of the molecule is CC(C)COS(=O)(=O)c1ccc2[nH]c(O)c(C(=Nc3ccc(N4CCNCC4)cc3)c3ccccc3)c2c1. The summed E-state index contributed by atoms with van der Waals surface area (Å²) in [5.74, 6) is -0.0205. The van der Waals surface area contributed by atoms with Gasteiger partial charge in [0.05, 0.1) is 28.5 Å². The predicted molar refractivity (Wildman–Crippen MR) is 151 cm³/mol. The van der Waals surface area contributed by atoms with Crippen LogP contribution in [0.5, 0.6) is 5.88 Å². The molecule has 0 atom stereocenters. The number of aromatic hydroxyl groups is 1. The third-order valence-corrected chi connectivity index (χ3v) is 7.73. The fourth-order valence-electron chi connectivity index (χ4n) is 4.50. The van der Waals surface area contributed by atoms with E-state index in [0.29, 0.717) is 22.2 Å². The highest BCUT2D eigenvalue weighted by Gasteiger charge is 2.23. The van der Waals surface area contributed by atoms with E-state index in [9.17, 15) is 13.5 Å². The molecule has 9 heteroatoms. The van der Waals surface area contributed by atoms with Crippen molar-refractivity contribution in [2.24, 2.45) is 10.9 Å². The number of hydrogen-bond acceptors (Lipinski definition) is 7. The first-order valence-electron chi connectivity index (χ1n) is 12.8. The number of fused-ring (bicyclic) bond motifs is 1. The van der Waals surface area contributed by atoms with E-state index in [-0.39, 0.29) is 23.3 Å². The van der Waals surface area contributed by atoms with Crippen molar-refractivity contribution in [1.29, 1.82) is 0 Å². The molecular weight excluding hydrogens is 500 g/mol. The lowest BCUT2D eigenvalue weighted by molar-refractivity contribution is 0.275. The lowest BCUT2D eigenvalue weighted by atomic mass is 10.0. The third kappa shape index (κ3) is 5.60. The summed E-state index contributed by atoms with van der Waals surface area (Å²) in [6.45, 7) is 7.68. The molecule has 0 radical (unpaired) electrons. The van der Waals surface area contributed by atoms with Crippen molar-refractivity contribution in [1.82, 2.24) is 10.3 Å². The van der Waals surface area contributed by atoms with Crippen LogP contribution in [0.3, 0.4) is 0 Å². The smallest absolute Gasteiger partial charge is 0.297 e. The maximum absolute atomic E-state index is 12.9. The number of aliphatic imine (C=N–C) groups is 1. The number of aromatic nitrogens is 1. The van der Waals surface area contributed by atoms with Gasteiger partial charge in [-0.05, 0) is 48.4 Å². The first-order chi connectivity index (χ1) is 18.3. The molecule has 5 rings (SSSR count). The number of nitrogens with one attached hydrogen (secondary N) is 2. The van der Waals surface area contributed by atoms with Crippen molar-refractivity contribution in [3.8, 4) is 5.88 Å². The summed E-state index contributed by atoms with van der Waals surface area (Å²) in [6.07, 6.45) is 0. The van der Waals surface area contributed by atoms with Gasteiger partial charge in [-0.3, -0.25) is 4.18 Å². The molecular formula is C29H32N4O4S. The van der Waals surface area contributed by atoms with Crippen LogP contribution in [0.15, 0.2) is 82.7 Å². The topological polar surface area (TPSA) is 107 Å². The summed E-state index contributed by atoms with van der Waals surface area (Å²) < 4.78 is 31.0. The van der Waals surface area contributed by atoms with Crippen molar-refractivity contribution in [2.45, 2.75) is 18.7 Å². The van der Waals surface area contributed by atoms with E-state index in [0.717, 1.165) is 43.1 Å². The number of benzene rings is 3. The van der Waals surface area contributed by atoms with E-state index in [1.54, 1.807) is 6.07 Å². The highest BCUT2D eigenvalue weighted by atomic mass is 32.2. The molecule has 4 aromatic rings. The minimum atomic E-state index is -3.96. The molecule has 0 saturated carbocycles. The highest BCUT2D eigenvalue weighted by molar-refractivity contribution is 7.86. The molecule has 198 valence electrons. The second-order valence-corrected chi connectivity index (χ2v) is 11.4. The summed E-state index contributed by atoms with van der Waals surface area (Å²) in [4.78, 5) is 10.3. The molecule has 1 aromatic heterocycles. The molecule has 0 bridgehead atoms. The largest absolute Gasteiger partial charge is 0.494 e. The van der Waals surface area contributed by atoms with E-state index in [1.165, 1.54) is 12.1 Å². The second-order valence-electron chi connectivity index (χ2n) is 9.77. The van der Waals surface area contributed by atoms with Gasteiger partial charge in [-0.2, -0.15) is 8.42 Å². The van der Waals surface area contributed by atoms with Gasteiger partial charge in [0, 0.05) is 48.3 Å². The van der Waals surface area contributed by atoms with Gasteiger partial charge in [-0.25, -0.2) is 4.99 Å². The molecule has 2 heterocycles. The fraction of sp³-hybridized carbons (Fsp3) is 0.276. The van der Waals surface area contributed by atoms with Gasteiger partial charge in [0.1, 0.15) is 0 Å². The Morgan fingerprint density at radius 3 is 2.42 bits per heavy atom. The number of H-pyrrole nitrogens is 1. The first kappa shape index (κ1) is 26.0. The van der Waals surface area contributed by atoms with Gasteiger partial charge in [-0.15, -0.1) is 0 Å². The maximum atomic E-state index is 12.9. The molecule has 8 nitrogen and oxygen atoms in total. The summed E-state index contributed by atoms with van der Waals surface area (Å²) in [5.41, 5.74) is 4.20. The quantitative estimate of drug-likeness (QED) is 0.222. The number of anilines is 1. The van der Waals surface area contributed by atoms with Crippen LogP contribution in [0, 0.1) is 5.92 Å². The molecule has 3 N–H and O–H groups in total. The molecule has 1 aliphatic rings. The number of aromatic amines is 1. The minimum Gasteiger partial charge on any atom is -0.494 e. The number of nitrogens with zero attached hydrogens (tertiary/aromatic N) is 2. The average Bonchev–Trinajstić information content (AvgIpc) is 3.26. The summed E-state index contributed by atoms with van der Waals surface area (Å²) >= 11 is 0. The predicted octanol–water partition coefficient (Wildman–Crippen LogP) is 4.81. The number of rotatable bonds is 8. The maximum Gasteiger partial charge on any atom is 0.297 e. The molecule has 0 spiro atoms. The Morgan fingerprint density at radius 2 is 1.74 bits per heavy atom. The van der Waals surface area contributed by atoms with E-state index in [1.807, 2.05) is 56.3 Å². The standard InChI is InChI=1S/C29H32N4O4S/c1-20(2)19-37-38(35,36)24-12-13-26-25(18-24)27(29(34)32-26)28(21-6-4-3-5-7-21)31-22-8-10-23(11-9-22)33-16-14-30-15-17-33/h3-13,18,20,30,32,34H,14-17,19H2,1-2H3. The summed E-state index contributed by atoms with van der Waals surface area (Å²) in [6, 6.07) is 22.2. The van der Waals surface area contributed by atoms with Gasteiger partial charge in [-0.1, -0.05) is 44.2 Å². The molecule has 3 aromatic carbocycles. The Kier molecular flexibility index (Phi) is 7.51. The van der Waals surface area contributed by atoms with Crippen LogP contribution in [0.25, 0.3) is 10.9 Å². The van der Waals surface area contributed by atoms with Gasteiger partial charge in [0.25, 0.3) is 10.1 Å². The van der Waals surface area contributed by atoms with Crippen molar-refractivity contribution >= 4 is 38.1 Å². The molecule has 1 saturated heterocycles. The lowest BCUT2D eigenvalue weighted by Crippen LogP contribution is -2.43. The number of piperazine rings is 1. The Morgan fingerprint density at radius 1 is 1.03 bits per heavy atom. The zero-order chi connectivity index (χ0) is 26.7. The molecule has 1 fully saturated rings. The van der Waals surface area contributed by atoms with Crippen LogP contribution in [-0.2, 0) is 14.3 Å². The third-order valence-electron chi connectivity index (χ3n) is 6.45. The minimum absolute atomic E-state index is 0.0266. The Bertz CT molecular complexity index is 1540. The zero-order valence-corrected chi connectivity index (χ0v) is 22.3. The summed E-state index contributed by atoms with van der Waals surface area (Å²) in [7, 11) is -3.96. The van der Waals surface area contributed by atoms with Gasteiger partial charge >= 0.3 is 0 Å². The number of hydrogen-bond donors (Lipinski definition) is 3. The first-order valence-corrected chi connectivity index (χ1v) is 14.2. The van der Waals surface area contributed by atoms with E-state index < -0.39 is 10.1 Å². The van der Waals surface area contributed by atoms with Crippen molar-refractivity contribution in [2.75, 3.05) is 37.7 Å². The molecule has 0 unspecified atom stereocenters. The van der Waals surface area contributed by atoms with E-state index >= 15 is 0 Å². The Hall–Kier alpha value is -3.66. The van der Waals surface area contributed by atoms with Gasteiger partial charge in [0.2, 0.25) is 0 Å². The van der Waals surface area contributed by atoms with Gasteiger partial charge < -0.3 is 20.3 Å². The fourth-order valence-corrected chi connectivity index (χ4v) is 5.58. The normalized spacial score (nSPS) is 14.9. The van der Waals surface area contributed by atoms with Crippen LogP contribution >= 0.6 is 0 Å². The van der Waals surface area contributed by atoms with Crippen LogP contribution in [0.1, 0.15) is 25.0 Å². The molecule has 1 aliphatic heterocycles. The average molecular weight is 533 g/mol. The molecule has 38 heavy (non-hydrogen) atoms. The Labute approximate surface area is 223 Å². The monoisotopic (exact) mass is 532 g/mol. The van der Waals surface area contributed by atoms with Crippen LogP contribution in [0.4, 0.5) is 11.4 Å². The van der Waals surface area contributed by atoms with E-state index in [4.69, 9.17) is 9.18 Å². The highest BCUT2D eigenvalue weighted by Crippen LogP contribution is 2.33. The van der Waals surface area contributed by atoms with Crippen LogP contribution in [0.2, 0.25) is 0 Å². The van der Waals surface area contributed by atoms with Crippen molar-refractivity contribution < 1.29 is 17.7 Å². The van der Waals surface area contributed by atoms with Crippen molar-refractivity contribution in [3.63, 3.8) is 0 Å². The molecule has 0 aliphatic carbocycles. The van der Waals surface area contributed by atoms with Crippen LogP contribution in [-0.4, -0.2) is 57.0 Å².